The smallest absolute Gasteiger partial charge is 0.325 e. The number of benzene rings is 3. The predicted octanol–water partition coefficient (Wildman–Crippen LogP) is 5.15. The van der Waals surface area contributed by atoms with Crippen LogP contribution in [0.3, 0.4) is 0 Å². The molecule has 3 amide bonds. The Labute approximate surface area is 202 Å². The van der Waals surface area contributed by atoms with Gasteiger partial charge in [0.1, 0.15) is 23.2 Å². The first-order chi connectivity index (χ1) is 17.0. The molecule has 0 fully saturated rings. The number of carbonyl (C=O) groups is 2. The van der Waals surface area contributed by atoms with Gasteiger partial charge in [-0.2, -0.15) is 0 Å². The number of rotatable bonds is 5. The van der Waals surface area contributed by atoms with Crippen molar-refractivity contribution in [2.24, 2.45) is 0 Å². The van der Waals surface area contributed by atoms with Gasteiger partial charge in [-0.05, 0) is 30.7 Å². The van der Waals surface area contributed by atoms with E-state index < -0.39 is 71.5 Å². The van der Waals surface area contributed by atoms with Gasteiger partial charge in [0.25, 0.3) is 5.91 Å². The number of nitrogens with one attached hydrogen (secondary N) is 1. The van der Waals surface area contributed by atoms with Crippen LogP contribution in [0.4, 0.5) is 32.4 Å². The summed E-state index contributed by atoms with van der Waals surface area (Å²) in [5.74, 6) is -7.20. The van der Waals surface area contributed by atoms with Gasteiger partial charge >= 0.3 is 6.03 Å². The van der Waals surface area contributed by atoms with Gasteiger partial charge in [0, 0.05) is 48.5 Å². The molecule has 0 aliphatic carbocycles. The zero-order valence-corrected chi connectivity index (χ0v) is 19.1. The normalized spacial score (nSPS) is 15.2. The Morgan fingerprint density at radius 2 is 1.67 bits per heavy atom. The molecule has 1 aliphatic heterocycles. The average molecular weight is 505 g/mol. The van der Waals surface area contributed by atoms with E-state index in [9.17, 15) is 36.6 Å². The van der Waals surface area contributed by atoms with E-state index in [1.54, 1.807) is 13.0 Å². The molecule has 4 rings (SSSR count). The molecule has 3 aromatic rings. The lowest BCUT2D eigenvalue weighted by atomic mass is 9.98. The van der Waals surface area contributed by atoms with E-state index in [4.69, 9.17) is 0 Å². The molecular formula is C25H20F5N3O3. The number of halogens is 5. The van der Waals surface area contributed by atoms with Crippen molar-refractivity contribution in [1.29, 1.82) is 0 Å². The monoisotopic (exact) mass is 505 g/mol. The molecule has 188 valence electrons. The molecule has 0 spiro atoms. The number of hydrogen-bond acceptors (Lipinski definition) is 3. The van der Waals surface area contributed by atoms with Crippen LogP contribution in [0, 0.1) is 29.1 Å². The van der Waals surface area contributed by atoms with E-state index in [1.165, 1.54) is 24.1 Å². The molecule has 1 atom stereocenters. The quantitative estimate of drug-likeness (QED) is 0.471. The summed E-state index contributed by atoms with van der Waals surface area (Å²) in [5, 5.41) is 12.0. The molecule has 2 N–H and O–H groups in total. The van der Waals surface area contributed by atoms with Crippen molar-refractivity contribution in [2.45, 2.75) is 26.1 Å². The third-order valence-corrected chi connectivity index (χ3v) is 6.10. The van der Waals surface area contributed by atoms with E-state index in [0.717, 1.165) is 11.0 Å². The third-order valence-electron chi connectivity index (χ3n) is 6.10. The zero-order valence-electron chi connectivity index (χ0n) is 19.1. The maximum atomic E-state index is 14.4. The van der Waals surface area contributed by atoms with Crippen LogP contribution in [0.15, 0.2) is 42.5 Å². The standard InChI is InChI=1S/C25H20F5N3O3/c1-12-17-4-3-13(24(35)31-10-18-19(27)7-15(26)8-20(18)28)6-22(17)33(25(36)32(12)2)11-14-5-16(34)9-21(29)23(14)30/h3-9,12,34H,10-11H2,1-2H3,(H,31,35)/t12-/m0/s1. The van der Waals surface area contributed by atoms with E-state index in [1.807, 2.05) is 0 Å². The van der Waals surface area contributed by atoms with Gasteiger partial charge in [-0.25, -0.2) is 26.7 Å². The van der Waals surface area contributed by atoms with E-state index in [0.29, 0.717) is 23.8 Å². The number of hydrogen-bond donors (Lipinski definition) is 2. The summed E-state index contributed by atoms with van der Waals surface area (Å²) in [6.07, 6.45) is 0. The van der Waals surface area contributed by atoms with Gasteiger partial charge in [-0.3, -0.25) is 9.69 Å². The lowest BCUT2D eigenvalue weighted by Crippen LogP contribution is -2.46. The molecular weight excluding hydrogens is 485 g/mol. The zero-order chi connectivity index (χ0) is 26.3. The first-order valence-corrected chi connectivity index (χ1v) is 10.7. The van der Waals surface area contributed by atoms with Gasteiger partial charge in [0.15, 0.2) is 11.6 Å². The summed E-state index contributed by atoms with van der Waals surface area (Å²) in [4.78, 5) is 28.3. The number of aromatic hydroxyl groups is 1. The second-order valence-corrected chi connectivity index (χ2v) is 8.36. The van der Waals surface area contributed by atoms with Crippen LogP contribution in [0.1, 0.15) is 40.0 Å². The van der Waals surface area contributed by atoms with Gasteiger partial charge < -0.3 is 15.3 Å². The summed E-state index contributed by atoms with van der Waals surface area (Å²) < 4.78 is 69.1. The fourth-order valence-corrected chi connectivity index (χ4v) is 4.02. The molecule has 0 unspecified atom stereocenters. The molecule has 1 aliphatic rings. The molecule has 0 saturated heterocycles. The first-order valence-electron chi connectivity index (χ1n) is 10.7. The highest BCUT2D eigenvalue weighted by Crippen LogP contribution is 2.38. The topological polar surface area (TPSA) is 72.9 Å². The van der Waals surface area contributed by atoms with E-state index in [2.05, 4.69) is 5.32 Å². The minimum absolute atomic E-state index is 0.0220. The molecule has 11 heteroatoms. The molecule has 0 bridgehead atoms. The van der Waals surface area contributed by atoms with Crippen molar-refractivity contribution >= 4 is 17.6 Å². The predicted molar refractivity (Wildman–Crippen MR) is 120 cm³/mol. The first kappa shape index (κ1) is 25.0. The number of fused-ring (bicyclic) bond motifs is 1. The van der Waals surface area contributed by atoms with E-state index in [-0.39, 0.29) is 16.8 Å². The van der Waals surface area contributed by atoms with E-state index >= 15 is 0 Å². The largest absolute Gasteiger partial charge is 0.508 e. The number of amides is 3. The Hall–Kier alpha value is -4.15. The molecule has 3 aromatic carbocycles. The fraction of sp³-hybridized carbons (Fsp3) is 0.200. The van der Waals surface area contributed by atoms with Crippen molar-refractivity contribution < 1.29 is 36.6 Å². The average Bonchev–Trinajstić information content (AvgIpc) is 2.82. The Bertz CT molecular complexity index is 1360. The van der Waals surface area contributed by atoms with Crippen molar-refractivity contribution in [3.05, 3.63) is 93.8 Å². The minimum atomic E-state index is -1.29. The van der Waals surface area contributed by atoms with Crippen LogP contribution in [0.5, 0.6) is 5.75 Å². The number of phenols is 1. The SMILES string of the molecule is C[C@H]1c2ccc(C(=O)NCc3c(F)cc(F)cc3F)cc2N(Cc2cc(O)cc(F)c2F)C(=O)N1C. The van der Waals surface area contributed by atoms with Gasteiger partial charge in [0.05, 0.1) is 18.3 Å². The van der Waals surface area contributed by atoms with Gasteiger partial charge in [-0.1, -0.05) is 6.07 Å². The Kier molecular flexibility index (Phi) is 6.57. The van der Waals surface area contributed by atoms with Crippen LogP contribution in [0.25, 0.3) is 0 Å². The summed E-state index contributed by atoms with van der Waals surface area (Å²) in [5.41, 5.74) is 0.0441. The fourth-order valence-electron chi connectivity index (χ4n) is 4.02. The highest BCUT2D eigenvalue weighted by Gasteiger charge is 2.34. The highest BCUT2D eigenvalue weighted by molar-refractivity contribution is 5.99. The van der Waals surface area contributed by atoms with Crippen LogP contribution < -0.4 is 10.2 Å². The minimum Gasteiger partial charge on any atom is -0.508 e. The van der Waals surface area contributed by atoms with Crippen LogP contribution in [-0.4, -0.2) is 29.0 Å². The Balaban J connectivity index is 1.66. The molecule has 36 heavy (non-hydrogen) atoms. The lowest BCUT2D eigenvalue weighted by molar-refractivity contribution is 0.0950. The number of anilines is 1. The number of nitrogens with zero attached hydrogens (tertiary/aromatic N) is 2. The summed E-state index contributed by atoms with van der Waals surface area (Å²) in [7, 11) is 1.52. The van der Waals surface area contributed by atoms with Crippen molar-refractivity contribution in [2.75, 3.05) is 11.9 Å². The number of carbonyl (C=O) groups excluding carboxylic acids is 2. The Morgan fingerprint density at radius 1 is 1.00 bits per heavy atom. The molecule has 1 heterocycles. The maximum Gasteiger partial charge on any atom is 0.325 e. The third kappa shape index (κ3) is 4.56. The second-order valence-electron chi connectivity index (χ2n) is 8.36. The highest BCUT2D eigenvalue weighted by atomic mass is 19.2. The lowest BCUT2D eigenvalue weighted by Gasteiger charge is -2.39. The molecule has 0 radical (unpaired) electrons. The van der Waals surface area contributed by atoms with Crippen LogP contribution in [0.2, 0.25) is 0 Å². The molecule has 0 aromatic heterocycles. The Morgan fingerprint density at radius 3 is 2.33 bits per heavy atom. The maximum absolute atomic E-state index is 14.4. The second kappa shape index (κ2) is 9.48. The summed E-state index contributed by atoms with van der Waals surface area (Å²) in [6.45, 7) is 0.725. The van der Waals surface area contributed by atoms with Crippen molar-refractivity contribution in [3.8, 4) is 5.75 Å². The van der Waals surface area contributed by atoms with Crippen LogP contribution >= 0.6 is 0 Å². The summed E-state index contributed by atoms with van der Waals surface area (Å²) >= 11 is 0. The van der Waals surface area contributed by atoms with Crippen molar-refractivity contribution in [1.82, 2.24) is 10.2 Å². The molecule has 6 nitrogen and oxygen atoms in total. The number of phenolic OH excluding ortho intramolecular Hbond substituents is 1. The van der Waals surface area contributed by atoms with Crippen molar-refractivity contribution in [3.63, 3.8) is 0 Å². The van der Waals surface area contributed by atoms with Gasteiger partial charge in [0.2, 0.25) is 0 Å². The van der Waals surface area contributed by atoms with Crippen LogP contribution in [-0.2, 0) is 13.1 Å². The van der Waals surface area contributed by atoms with Gasteiger partial charge in [-0.15, -0.1) is 0 Å². The molecule has 0 saturated carbocycles. The number of urea groups is 1. The summed E-state index contributed by atoms with van der Waals surface area (Å²) in [6, 6.07) is 5.96.